The highest BCUT2D eigenvalue weighted by Crippen LogP contribution is 2.38. The zero-order chi connectivity index (χ0) is 20.4. The molecule has 29 heavy (non-hydrogen) atoms. The van der Waals surface area contributed by atoms with Crippen LogP contribution in [-0.2, 0) is 11.3 Å². The van der Waals surface area contributed by atoms with Gasteiger partial charge in [-0.15, -0.1) is 0 Å². The van der Waals surface area contributed by atoms with E-state index in [2.05, 4.69) is 22.0 Å². The van der Waals surface area contributed by atoms with Crippen molar-refractivity contribution >= 4 is 5.97 Å². The lowest BCUT2D eigenvalue weighted by Crippen LogP contribution is -2.42. The minimum Gasteiger partial charge on any atom is -0.488 e. The van der Waals surface area contributed by atoms with Gasteiger partial charge < -0.3 is 14.6 Å². The standard InChI is InChI=1S/C23H28N2O4/c1-15-6-7-16(11-24-15)12-25-13-18-9-21(26)22(10-19(18)14-25)29-20-5-3-4-17(8-20)23(27)28-2/h3-8,11,18-19,21-22,26H,9-10,12-14H2,1-2H3/t18-,19+,21+,22+/m0/s1. The van der Waals surface area contributed by atoms with Crippen molar-refractivity contribution in [3.63, 3.8) is 0 Å². The Morgan fingerprint density at radius 2 is 2.00 bits per heavy atom. The molecular weight excluding hydrogens is 368 g/mol. The molecule has 0 radical (unpaired) electrons. The van der Waals surface area contributed by atoms with Gasteiger partial charge in [-0.25, -0.2) is 4.79 Å². The van der Waals surface area contributed by atoms with E-state index < -0.39 is 12.1 Å². The summed E-state index contributed by atoms with van der Waals surface area (Å²) in [4.78, 5) is 18.6. The fourth-order valence-electron chi connectivity index (χ4n) is 4.58. The molecule has 1 aromatic heterocycles. The number of pyridine rings is 1. The van der Waals surface area contributed by atoms with Crippen LogP contribution in [0.15, 0.2) is 42.6 Å². The highest BCUT2D eigenvalue weighted by Gasteiger charge is 2.42. The van der Waals surface area contributed by atoms with Gasteiger partial charge in [0, 0.05) is 31.5 Å². The Morgan fingerprint density at radius 3 is 2.72 bits per heavy atom. The Balaban J connectivity index is 1.38. The van der Waals surface area contributed by atoms with Gasteiger partial charge in [-0.3, -0.25) is 9.88 Å². The van der Waals surface area contributed by atoms with Crippen LogP contribution in [0.4, 0.5) is 0 Å². The number of aromatic nitrogens is 1. The summed E-state index contributed by atoms with van der Waals surface area (Å²) in [6, 6.07) is 11.1. The van der Waals surface area contributed by atoms with E-state index in [-0.39, 0.29) is 6.10 Å². The van der Waals surface area contributed by atoms with Crippen LogP contribution in [-0.4, -0.2) is 53.4 Å². The number of ether oxygens (including phenoxy) is 2. The van der Waals surface area contributed by atoms with Gasteiger partial charge in [-0.2, -0.15) is 0 Å². The molecule has 2 aromatic rings. The summed E-state index contributed by atoms with van der Waals surface area (Å²) < 4.78 is 10.9. The topological polar surface area (TPSA) is 71.9 Å². The van der Waals surface area contributed by atoms with E-state index in [1.807, 2.05) is 19.2 Å². The Kier molecular flexibility index (Phi) is 5.83. The van der Waals surface area contributed by atoms with Crippen molar-refractivity contribution in [1.29, 1.82) is 0 Å². The maximum atomic E-state index is 11.7. The fraction of sp³-hybridized carbons (Fsp3) is 0.478. The second-order valence-corrected chi connectivity index (χ2v) is 8.24. The van der Waals surface area contributed by atoms with Crippen LogP contribution in [0.5, 0.6) is 5.75 Å². The van der Waals surface area contributed by atoms with Crippen LogP contribution in [0.3, 0.4) is 0 Å². The Hall–Kier alpha value is -2.44. The maximum Gasteiger partial charge on any atom is 0.337 e. The van der Waals surface area contributed by atoms with Crippen LogP contribution in [0.2, 0.25) is 0 Å². The second kappa shape index (κ2) is 8.51. The highest BCUT2D eigenvalue weighted by atomic mass is 16.5. The molecule has 1 aliphatic heterocycles. The number of hydrogen-bond acceptors (Lipinski definition) is 6. The van der Waals surface area contributed by atoms with Crippen molar-refractivity contribution in [1.82, 2.24) is 9.88 Å². The number of aliphatic hydroxyl groups is 1. The number of aliphatic hydroxyl groups excluding tert-OH is 1. The first-order valence-corrected chi connectivity index (χ1v) is 10.2. The quantitative estimate of drug-likeness (QED) is 0.784. The van der Waals surface area contributed by atoms with E-state index in [1.54, 1.807) is 18.2 Å². The molecule has 0 spiro atoms. The van der Waals surface area contributed by atoms with Crippen LogP contribution in [0.25, 0.3) is 0 Å². The monoisotopic (exact) mass is 396 g/mol. The van der Waals surface area contributed by atoms with Crippen molar-refractivity contribution < 1.29 is 19.4 Å². The van der Waals surface area contributed by atoms with Crippen LogP contribution >= 0.6 is 0 Å². The summed E-state index contributed by atoms with van der Waals surface area (Å²) in [5.41, 5.74) is 2.71. The SMILES string of the molecule is COC(=O)c1cccc(O[C@@H]2C[C@@H]3CN(Cc4ccc(C)nc4)C[C@@H]3C[C@H]2O)c1. The van der Waals surface area contributed by atoms with E-state index in [0.717, 1.165) is 38.2 Å². The molecule has 0 unspecified atom stereocenters. The Labute approximate surface area is 171 Å². The minimum atomic E-state index is -0.501. The molecule has 6 nitrogen and oxygen atoms in total. The summed E-state index contributed by atoms with van der Waals surface area (Å²) in [5.74, 6) is 1.20. The average Bonchev–Trinajstić information content (AvgIpc) is 3.10. The molecule has 2 heterocycles. The predicted octanol–water partition coefficient (Wildman–Crippen LogP) is 2.83. The van der Waals surface area contributed by atoms with E-state index in [0.29, 0.717) is 23.1 Å². The Morgan fingerprint density at radius 1 is 1.21 bits per heavy atom. The third kappa shape index (κ3) is 4.60. The number of likely N-dealkylation sites (tertiary alicyclic amines) is 1. The third-order valence-corrected chi connectivity index (χ3v) is 6.08. The number of aryl methyl sites for hydroxylation is 1. The first-order chi connectivity index (χ1) is 14.0. The Bertz CT molecular complexity index is 854. The van der Waals surface area contributed by atoms with Crippen LogP contribution in [0.1, 0.15) is 34.5 Å². The van der Waals surface area contributed by atoms with Gasteiger partial charge >= 0.3 is 5.97 Å². The summed E-state index contributed by atoms with van der Waals surface area (Å²) >= 11 is 0. The maximum absolute atomic E-state index is 11.7. The molecule has 4 atom stereocenters. The fourth-order valence-corrected chi connectivity index (χ4v) is 4.58. The zero-order valence-electron chi connectivity index (χ0n) is 17.0. The summed E-state index contributed by atoms with van der Waals surface area (Å²) in [5, 5.41) is 10.7. The molecule has 1 aromatic carbocycles. The molecule has 1 aliphatic carbocycles. The molecule has 2 aliphatic rings. The van der Waals surface area contributed by atoms with Gasteiger partial charge in [0.15, 0.2) is 0 Å². The van der Waals surface area contributed by atoms with Gasteiger partial charge in [0.2, 0.25) is 0 Å². The molecule has 6 heteroatoms. The first-order valence-electron chi connectivity index (χ1n) is 10.2. The van der Waals surface area contributed by atoms with Gasteiger partial charge in [0.1, 0.15) is 11.9 Å². The highest BCUT2D eigenvalue weighted by molar-refractivity contribution is 5.89. The number of nitrogens with zero attached hydrogens (tertiary/aromatic N) is 2. The first kappa shape index (κ1) is 19.9. The molecule has 154 valence electrons. The number of carbonyl (C=O) groups is 1. The number of fused-ring (bicyclic) bond motifs is 1. The zero-order valence-corrected chi connectivity index (χ0v) is 17.0. The van der Waals surface area contributed by atoms with E-state index in [1.165, 1.54) is 12.7 Å². The largest absolute Gasteiger partial charge is 0.488 e. The lowest BCUT2D eigenvalue weighted by atomic mass is 9.78. The van der Waals surface area contributed by atoms with Crippen molar-refractivity contribution in [3.8, 4) is 5.75 Å². The molecule has 0 bridgehead atoms. The molecule has 1 saturated heterocycles. The van der Waals surface area contributed by atoms with Crippen molar-refractivity contribution in [2.45, 2.75) is 38.5 Å². The molecule has 1 N–H and O–H groups in total. The number of esters is 1. The second-order valence-electron chi connectivity index (χ2n) is 8.24. The van der Waals surface area contributed by atoms with Crippen LogP contribution < -0.4 is 4.74 Å². The molecular formula is C23H28N2O4. The molecule has 1 saturated carbocycles. The number of rotatable bonds is 5. The number of methoxy groups -OCH3 is 1. The predicted molar refractivity (Wildman–Crippen MR) is 109 cm³/mol. The number of benzene rings is 1. The average molecular weight is 396 g/mol. The van der Waals surface area contributed by atoms with Gasteiger partial charge in [0.25, 0.3) is 0 Å². The van der Waals surface area contributed by atoms with Crippen molar-refractivity contribution in [2.24, 2.45) is 11.8 Å². The smallest absolute Gasteiger partial charge is 0.337 e. The molecule has 4 rings (SSSR count). The van der Waals surface area contributed by atoms with E-state index >= 15 is 0 Å². The van der Waals surface area contributed by atoms with Crippen LogP contribution in [0, 0.1) is 18.8 Å². The van der Waals surface area contributed by atoms with Crippen molar-refractivity contribution in [2.75, 3.05) is 20.2 Å². The normalized spacial score (nSPS) is 26.7. The summed E-state index contributed by atoms with van der Waals surface area (Å²) in [7, 11) is 1.36. The molecule has 2 fully saturated rings. The van der Waals surface area contributed by atoms with E-state index in [9.17, 15) is 9.90 Å². The summed E-state index contributed by atoms with van der Waals surface area (Å²) in [6.45, 7) is 4.90. The van der Waals surface area contributed by atoms with Crippen molar-refractivity contribution in [3.05, 3.63) is 59.4 Å². The third-order valence-electron chi connectivity index (χ3n) is 6.08. The minimum absolute atomic E-state index is 0.259. The van der Waals surface area contributed by atoms with Gasteiger partial charge in [-0.1, -0.05) is 12.1 Å². The van der Waals surface area contributed by atoms with E-state index in [4.69, 9.17) is 9.47 Å². The lowest BCUT2D eigenvalue weighted by molar-refractivity contribution is -0.0231. The summed E-state index contributed by atoms with van der Waals surface area (Å²) in [6.07, 6.45) is 2.75. The number of hydrogen-bond donors (Lipinski definition) is 1. The lowest BCUT2D eigenvalue weighted by Gasteiger charge is -2.35. The number of carbonyl (C=O) groups excluding carboxylic acids is 1. The molecule has 0 amide bonds. The van der Waals surface area contributed by atoms with Gasteiger partial charge in [0.05, 0.1) is 18.8 Å². The van der Waals surface area contributed by atoms with Gasteiger partial charge in [-0.05, 0) is 61.4 Å².